The molecule has 6 rings (SSSR count). The van der Waals surface area contributed by atoms with Gasteiger partial charge in [-0.25, -0.2) is 4.98 Å². The molecule has 1 amide bonds. The number of nitrogens with one attached hydrogen (secondary N) is 2. The monoisotopic (exact) mass is 603 g/mol. The van der Waals surface area contributed by atoms with Crippen LogP contribution in [0.1, 0.15) is 39.9 Å². The smallest absolute Gasteiger partial charge is 0.261 e. The summed E-state index contributed by atoms with van der Waals surface area (Å²) in [4.78, 5) is 31.5. The molecule has 1 saturated heterocycles. The van der Waals surface area contributed by atoms with E-state index in [1.165, 1.54) is 0 Å². The Morgan fingerprint density at radius 3 is 2.51 bits per heavy atom. The molecule has 230 valence electrons. The van der Waals surface area contributed by atoms with Gasteiger partial charge in [-0.1, -0.05) is 42.0 Å². The van der Waals surface area contributed by atoms with Gasteiger partial charge in [0.1, 0.15) is 11.7 Å². The van der Waals surface area contributed by atoms with Crippen LogP contribution in [0, 0.1) is 12.8 Å². The molecule has 9 heteroatoms. The van der Waals surface area contributed by atoms with E-state index in [1.54, 1.807) is 19.5 Å². The fourth-order valence-corrected chi connectivity index (χ4v) is 5.71. The van der Waals surface area contributed by atoms with E-state index in [0.29, 0.717) is 29.6 Å². The molecule has 4 N–H and O–H groups in total. The van der Waals surface area contributed by atoms with Gasteiger partial charge < -0.3 is 30.4 Å². The minimum atomic E-state index is -0.449. The number of hydrogen-bond donors (Lipinski definition) is 3. The zero-order chi connectivity index (χ0) is 31.3. The van der Waals surface area contributed by atoms with Crippen molar-refractivity contribution in [3.63, 3.8) is 0 Å². The lowest BCUT2D eigenvalue weighted by Crippen LogP contribution is -2.36. The third-order valence-corrected chi connectivity index (χ3v) is 8.31. The first-order chi connectivity index (χ1) is 21.9. The average molecular weight is 604 g/mol. The Bertz CT molecular complexity index is 1800. The maximum absolute atomic E-state index is 13.7. The van der Waals surface area contributed by atoms with Crippen LogP contribution in [0.15, 0.2) is 96.3 Å². The number of carbonyl (C=O) groups excluding carboxylic acids is 1. The van der Waals surface area contributed by atoms with Crippen LogP contribution in [-0.2, 0) is 11.3 Å². The van der Waals surface area contributed by atoms with Crippen molar-refractivity contribution >= 4 is 22.7 Å². The molecule has 0 radical (unpaired) electrons. The second kappa shape index (κ2) is 13.3. The van der Waals surface area contributed by atoms with Crippen molar-refractivity contribution in [1.29, 1.82) is 0 Å². The summed E-state index contributed by atoms with van der Waals surface area (Å²) in [5.74, 6) is 0.495. The van der Waals surface area contributed by atoms with E-state index in [0.717, 1.165) is 59.5 Å². The minimum absolute atomic E-state index is 0.105. The summed E-state index contributed by atoms with van der Waals surface area (Å²) in [5.41, 5.74) is 12.8. The third-order valence-electron chi connectivity index (χ3n) is 8.31. The van der Waals surface area contributed by atoms with Gasteiger partial charge in [-0.3, -0.25) is 9.59 Å². The van der Waals surface area contributed by atoms with Crippen LogP contribution in [0.5, 0.6) is 5.88 Å². The highest BCUT2D eigenvalue weighted by Gasteiger charge is 2.21. The second-order valence-electron chi connectivity index (χ2n) is 11.5. The van der Waals surface area contributed by atoms with Crippen molar-refractivity contribution < 1.29 is 14.3 Å². The van der Waals surface area contributed by atoms with Crippen LogP contribution < -0.4 is 26.5 Å². The van der Waals surface area contributed by atoms with Crippen molar-refractivity contribution in [1.82, 2.24) is 14.9 Å². The Labute approximate surface area is 262 Å². The molecule has 0 aliphatic carbocycles. The Morgan fingerprint density at radius 1 is 1.04 bits per heavy atom. The molecule has 9 nitrogen and oxygen atoms in total. The Hall–Kier alpha value is -4.99. The molecule has 45 heavy (non-hydrogen) atoms. The lowest BCUT2D eigenvalue weighted by atomic mass is 9.95. The van der Waals surface area contributed by atoms with Crippen LogP contribution in [0.25, 0.3) is 22.3 Å². The van der Waals surface area contributed by atoms with Gasteiger partial charge in [0.25, 0.3) is 5.91 Å². The molecular formula is C36H37N5O4. The number of pyridine rings is 2. The second-order valence-corrected chi connectivity index (χ2v) is 11.5. The van der Waals surface area contributed by atoms with E-state index in [1.807, 2.05) is 90.6 Å². The number of anilines is 1. The van der Waals surface area contributed by atoms with Gasteiger partial charge in [0, 0.05) is 61.9 Å². The number of aromatic nitrogens is 2. The number of nitrogens with zero attached hydrogens (tertiary/aromatic N) is 2. The molecule has 0 spiro atoms. The van der Waals surface area contributed by atoms with E-state index >= 15 is 0 Å². The number of methoxy groups -OCH3 is 1. The molecule has 2 aromatic heterocycles. The lowest BCUT2D eigenvalue weighted by Gasteiger charge is -2.24. The number of benzene rings is 2. The standard InChI is InChI=1S/C36H37N5O4/c1-23-3-5-26(6-4-23)31-21-41(20-24-12-15-45-16-13-24)22-32(34(31)42)36(43)40-29-9-7-25(8-10-29)30-17-28(19-39-35(30)37)27-11-14-38-33(18-27)44-2/h3-11,14,17-19,21-22,24,35,39H,12-13,15-16,20,37H2,1-2H3,(H,40,43). The van der Waals surface area contributed by atoms with Crippen molar-refractivity contribution in [2.24, 2.45) is 11.7 Å². The quantitative estimate of drug-likeness (QED) is 0.253. The van der Waals surface area contributed by atoms with Crippen LogP contribution in [0.2, 0.25) is 0 Å². The summed E-state index contributed by atoms with van der Waals surface area (Å²) in [5, 5.41) is 6.16. The van der Waals surface area contributed by atoms with E-state index in [9.17, 15) is 9.59 Å². The highest BCUT2D eigenvalue weighted by Crippen LogP contribution is 2.29. The Balaban J connectivity index is 1.25. The first-order valence-corrected chi connectivity index (χ1v) is 15.1. The molecule has 0 saturated carbocycles. The molecule has 1 fully saturated rings. The Kier molecular flexibility index (Phi) is 8.91. The number of nitrogens with two attached hydrogens (primary N) is 1. The van der Waals surface area contributed by atoms with Gasteiger partial charge in [-0.15, -0.1) is 0 Å². The van der Waals surface area contributed by atoms with Gasteiger partial charge in [-0.05, 0) is 77.8 Å². The molecule has 4 heterocycles. The molecule has 2 aliphatic rings. The van der Waals surface area contributed by atoms with Crippen LogP contribution >= 0.6 is 0 Å². The molecule has 2 aliphatic heterocycles. The zero-order valence-corrected chi connectivity index (χ0v) is 25.5. The summed E-state index contributed by atoms with van der Waals surface area (Å²) >= 11 is 0. The topological polar surface area (TPSA) is 121 Å². The van der Waals surface area contributed by atoms with Gasteiger partial charge in [0.2, 0.25) is 11.3 Å². The summed E-state index contributed by atoms with van der Waals surface area (Å²) in [6.07, 6.45) is 10.6. The largest absolute Gasteiger partial charge is 0.481 e. The van der Waals surface area contributed by atoms with E-state index in [2.05, 4.69) is 15.6 Å². The van der Waals surface area contributed by atoms with Gasteiger partial charge >= 0.3 is 0 Å². The molecule has 1 unspecified atom stereocenters. The summed E-state index contributed by atoms with van der Waals surface area (Å²) in [6, 6.07) is 19.0. The summed E-state index contributed by atoms with van der Waals surface area (Å²) in [6.45, 7) is 4.18. The van der Waals surface area contributed by atoms with Crippen LogP contribution in [-0.4, -0.2) is 41.9 Å². The van der Waals surface area contributed by atoms with E-state index in [4.69, 9.17) is 15.2 Å². The van der Waals surface area contributed by atoms with Crippen LogP contribution in [0.3, 0.4) is 0 Å². The van der Waals surface area contributed by atoms with Crippen molar-refractivity contribution in [2.75, 3.05) is 25.6 Å². The van der Waals surface area contributed by atoms with Crippen molar-refractivity contribution in [2.45, 2.75) is 32.5 Å². The fraction of sp³-hybridized carbons (Fsp3) is 0.250. The maximum Gasteiger partial charge on any atom is 0.261 e. The highest BCUT2D eigenvalue weighted by molar-refractivity contribution is 6.04. The van der Waals surface area contributed by atoms with Gasteiger partial charge in [0.05, 0.1) is 7.11 Å². The van der Waals surface area contributed by atoms with Crippen molar-refractivity contribution in [3.8, 4) is 17.0 Å². The molecule has 1 atom stereocenters. The number of rotatable bonds is 8. The average Bonchev–Trinajstić information content (AvgIpc) is 3.07. The number of carbonyl (C=O) groups is 1. The first-order valence-electron chi connectivity index (χ1n) is 15.1. The predicted molar refractivity (Wildman–Crippen MR) is 177 cm³/mol. The van der Waals surface area contributed by atoms with E-state index < -0.39 is 12.1 Å². The number of hydrogen-bond acceptors (Lipinski definition) is 7. The number of ether oxygens (including phenoxy) is 2. The third kappa shape index (κ3) is 6.90. The summed E-state index contributed by atoms with van der Waals surface area (Å²) < 4.78 is 12.8. The first kappa shape index (κ1) is 30.1. The zero-order valence-electron chi connectivity index (χ0n) is 25.5. The highest BCUT2D eigenvalue weighted by atomic mass is 16.5. The van der Waals surface area contributed by atoms with E-state index in [-0.39, 0.29) is 11.0 Å². The minimum Gasteiger partial charge on any atom is -0.481 e. The number of aryl methyl sites for hydroxylation is 1. The predicted octanol–water partition coefficient (Wildman–Crippen LogP) is 5.22. The lowest BCUT2D eigenvalue weighted by molar-refractivity contribution is 0.0612. The number of allylic oxidation sites excluding steroid dienone is 2. The number of dihydropyridines is 1. The van der Waals surface area contributed by atoms with Gasteiger partial charge in [0.15, 0.2) is 0 Å². The Morgan fingerprint density at radius 2 is 1.78 bits per heavy atom. The molecular weight excluding hydrogens is 566 g/mol. The van der Waals surface area contributed by atoms with Crippen LogP contribution in [0.4, 0.5) is 5.69 Å². The summed E-state index contributed by atoms with van der Waals surface area (Å²) in [7, 11) is 1.58. The fourth-order valence-electron chi connectivity index (χ4n) is 5.71. The normalized spacial score (nSPS) is 16.7. The SMILES string of the molecule is COc1cc(C2=CNC(N)C(c3ccc(NC(=O)c4cn(CC5CCOCC5)cc(-c5ccc(C)cc5)c4=O)cc3)=C2)ccn1. The van der Waals surface area contributed by atoms with Gasteiger partial charge in [-0.2, -0.15) is 0 Å². The van der Waals surface area contributed by atoms with Crippen molar-refractivity contribution in [3.05, 3.63) is 124 Å². The maximum atomic E-state index is 13.7. The molecule has 2 aromatic carbocycles. The number of amides is 1. The molecule has 0 bridgehead atoms. The molecule has 4 aromatic rings.